The number of nitrogens with zero attached hydrogens (tertiary/aromatic N) is 1. The van der Waals surface area contributed by atoms with E-state index >= 15 is 0 Å². The number of ether oxygens (including phenoxy) is 1. The van der Waals surface area contributed by atoms with Crippen LogP contribution in [0.5, 0.6) is 5.75 Å². The molecule has 1 aliphatic rings. The van der Waals surface area contributed by atoms with Crippen molar-refractivity contribution < 1.29 is 13.9 Å². The summed E-state index contributed by atoms with van der Waals surface area (Å²) in [6, 6.07) is 12.8. The molecule has 130 valence electrons. The molecule has 0 atom stereocenters. The maximum absolute atomic E-state index is 12.3. The normalized spacial score (nSPS) is 15.5. The van der Waals surface area contributed by atoms with Crippen LogP contribution in [0.1, 0.15) is 24.2 Å². The van der Waals surface area contributed by atoms with Crippen LogP contribution in [-0.2, 0) is 4.79 Å². The number of rotatable bonds is 4. The van der Waals surface area contributed by atoms with Gasteiger partial charge in [-0.15, -0.1) is 0 Å². The number of benzene rings is 1. The van der Waals surface area contributed by atoms with Crippen molar-refractivity contribution in [3.8, 4) is 5.75 Å². The molecule has 1 aromatic carbocycles. The highest BCUT2D eigenvalue weighted by Crippen LogP contribution is 2.19. The Kier molecular flexibility index (Phi) is 5.33. The standard InChI is InChI=1S/C20H21NO4/c1-15-13-18(14-20(23)24-15)25-17-9-11-21(12-10-17)19(22)8-7-16-5-3-2-4-6-16/h2-8,13-14,17H,9-12H2,1H3. The number of amides is 1. The topological polar surface area (TPSA) is 59.8 Å². The summed E-state index contributed by atoms with van der Waals surface area (Å²) >= 11 is 0. The van der Waals surface area contributed by atoms with Crippen molar-refractivity contribution >= 4 is 12.0 Å². The van der Waals surface area contributed by atoms with Crippen molar-refractivity contribution in [1.82, 2.24) is 4.90 Å². The molecule has 2 aromatic rings. The highest BCUT2D eigenvalue weighted by atomic mass is 16.5. The molecule has 0 N–H and O–H groups in total. The van der Waals surface area contributed by atoms with Crippen molar-refractivity contribution in [2.45, 2.75) is 25.9 Å². The fourth-order valence-corrected chi connectivity index (χ4v) is 2.87. The summed E-state index contributed by atoms with van der Waals surface area (Å²) in [4.78, 5) is 25.5. The average molecular weight is 339 g/mol. The lowest BCUT2D eigenvalue weighted by Gasteiger charge is -2.31. The summed E-state index contributed by atoms with van der Waals surface area (Å²) in [7, 11) is 0. The largest absolute Gasteiger partial charge is 0.490 e. The van der Waals surface area contributed by atoms with Crippen molar-refractivity contribution in [3.05, 3.63) is 70.3 Å². The van der Waals surface area contributed by atoms with Crippen LogP contribution >= 0.6 is 0 Å². The molecule has 1 aliphatic heterocycles. The van der Waals surface area contributed by atoms with Crippen molar-refractivity contribution in [1.29, 1.82) is 0 Å². The first-order valence-corrected chi connectivity index (χ1v) is 8.40. The Bertz CT molecular complexity index is 802. The van der Waals surface area contributed by atoms with E-state index in [1.165, 1.54) is 6.07 Å². The summed E-state index contributed by atoms with van der Waals surface area (Å²) in [5, 5.41) is 0. The highest BCUT2D eigenvalue weighted by molar-refractivity contribution is 5.91. The van der Waals surface area contributed by atoms with Gasteiger partial charge in [0.1, 0.15) is 17.6 Å². The van der Waals surface area contributed by atoms with Gasteiger partial charge in [-0.3, -0.25) is 4.79 Å². The van der Waals surface area contributed by atoms with Gasteiger partial charge in [-0.05, 0) is 18.6 Å². The van der Waals surface area contributed by atoms with Gasteiger partial charge < -0.3 is 14.1 Å². The third-order valence-corrected chi connectivity index (χ3v) is 4.14. The smallest absolute Gasteiger partial charge is 0.339 e. The molecule has 0 saturated carbocycles. The van der Waals surface area contributed by atoms with Gasteiger partial charge in [0.05, 0.1) is 6.07 Å². The molecule has 1 saturated heterocycles. The Balaban J connectivity index is 1.52. The first-order chi connectivity index (χ1) is 12.1. The monoisotopic (exact) mass is 339 g/mol. The zero-order chi connectivity index (χ0) is 17.6. The minimum Gasteiger partial charge on any atom is -0.490 e. The Morgan fingerprint density at radius 3 is 2.60 bits per heavy atom. The molecule has 1 amide bonds. The van der Waals surface area contributed by atoms with Gasteiger partial charge in [-0.25, -0.2) is 4.79 Å². The molecular formula is C20H21NO4. The molecule has 5 heteroatoms. The maximum atomic E-state index is 12.3. The van der Waals surface area contributed by atoms with Gasteiger partial charge in [-0.1, -0.05) is 30.3 Å². The van der Waals surface area contributed by atoms with E-state index in [0.29, 0.717) is 24.6 Å². The molecule has 0 bridgehead atoms. The van der Waals surface area contributed by atoms with Crippen LogP contribution in [0.4, 0.5) is 0 Å². The summed E-state index contributed by atoms with van der Waals surface area (Å²) in [6.45, 7) is 3.00. The van der Waals surface area contributed by atoms with Crippen molar-refractivity contribution in [2.75, 3.05) is 13.1 Å². The number of likely N-dealkylation sites (tertiary alicyclic amines) is 1. The van der Waals surface area contributed by atoms with Gasteiger partial charge in [0.2, 0.25) is 5.91 Å². The average Bonchev–Trinajstić information content (AvgIpc) is 2.60. The minimum atomic E-state index is -0.409. The molecule has 25 heavy (non-hydrogen) atoms. The van der Waals surface area contributed by atoms with Crippen LogP contribution in [0, 0.1) is 6.92 Å². The lowest BCUT2D eigenvalue weighted by Crippen LogP contribution is -2.41. The number of hydrogen-bond donors (Lipinski definition) is 0. The predicted molar refractivity (Wildman–Crippen MR) is 95.4 cm³/mol. The van der Waals surface area contributed by atoms with E-state index in [4.69, 9.17) is 9.15 Å². The van der Waals surface area contributed by atoms with Gasteiger partial charge in [0.25, 0.3) is 0 Å². The second kappa shape index (κ2) is 7.83. The van der Waals surface area contributed by atoms with E-state index < -0.39 is 5.63 Å². The van der Waals surface area contributed by atoms with Crippen LogP contribution in [0.15, 0.2) is 57.8 Å². The van der Waals surface area contributed by atoms with Crippen molar-refractivity contribution in [3.63, 3.8) is 0 Å². The summed E-state index contributed by atoms with van der Waals surface area (Å²) in [6.07, 6.45) is 4.93. The molecular weight excluding hydrogens is 318 g/mol. The van der Waals surface area contributed by atoms with Crippen LogP contribution in [0.2, 0.25) is 0 Å². The summed E-state index contributed by atoms with van der Waals surface area (Å²) < 4.78 is 10.8. The molecule has 5 nitrogen and oxygen atoms in total. The lowest BCUT2D eigenvalue weighted by molar-refractivity contribution is -0.127. The number of carbonyl (C=O) groups is 1. The number of carbonyl (C=O) groups excluding carboxylic acids is 1. The molecule has 0 radical (unpaired) electrons. The molecule has 1 aromatic heterocycles. The SMILES string of the molecule is Cc1cc(OC2CCN(C(=O)C=Cc3ccccc3)CC2)cc(=O)o1. The Hall–Kier alpha value is -2.82. The van der Waals surface area contributed by atoms with Crippen LogP contribution < -0.4 is 10.4 Å². The second-order valence-corrected chi connectivity index (χ2v) is 6.11. The third-order valence-electron chi connectivity index (χ3n) is 4.14. The van der Waals surface area contributed by atoms with Crippen molar-refractivity contribution in [2.24, 2.45) is 0 Å². The fourth-order valence-electron chi connectivity index (χ4n) is 2.87. The van der Waals surface area contributed by atoms with E-state index in [1.54, 1.807) is 19.1 Å². The maximum Gasteiger partial charge on any atom is 0.339 e. The Labute approximate surface area is 146 Å². The predicted octanol–water partition coefficient (Wildman–Crippen LogP) is 3.03. The Morgan fingerprint density at radius 1 is 1.20 bits per heavy atom. The fraction of sp³-hybridized carbons (Fsp3) is 0.300. The molecule has 3 rings (SSSR count). The number of piperidine rings is 1. The Morgan fingerprint density at radius 2 is 1.92 bits per heavy atom. The van der Waals surface area contributed by atoms with Gasteiger partial charge in [0, 0.05) is 38.1 Å². The van der Waals surface area contributed by atoms with E-state index in [9.17, 15) is 9.59 Å². The van der Waals surface area contributed by atoms with E-state index in [1.807, 2.05) is 41.3 Å². The van der Waals surface area contributed by atoms with E-state index in [0.717, 1.165) is 18.4 Å². The van der Waals surface area contributed by atoms with Gasteiger partial charge in [-0.2, -0.15) is 0 Å². The summed E-state index contributed by atoms with van der Waals surface area (Å²) in [5.74, 6) is 1.07. The van der Waals surface area contributed by atoms with Crippen LogP contribution in [0.3, 0.4) is 0 Å². The van der Waals surface area contributed by atoms with Crippen LogP contribution in [0.25, 0.3) is 6.08 Å². The van der Waals surface area contributed by atoms with E-state index in [-0.39, 0.29) is 12.0 Å². The molecule has 2 heterocycles. The number of hydrogen-bond acceptors (Lipinski definition) is 4. The quantitative estimate of drug-likeness (QED) is 0.804. The minimum absolute atomic E-state index is 0.00310. The highest BCUT2D eigenvalue weighted by Gasteiger charge is 2.23. The molecule has 0 unspecified atom stereocenters. The molecule has 1 fully saturated rings. The molecule has 0 spiro atoms. The second-order valence-electron chi connectivity index (χ2n) is 6.11. The summed E-state index contributed by atoms with van der Waals surface area (Å²) in [5.41, 5.74) is 0.598. The van der Waals surface area contributed by atoms with E-state index in [2.05, 4.69) is 0 Å². The first-order valence-electron chi connectivity index (χ1n) is 8.40. The van der Waals surface area contributed by atoms with Crippen LogP contribution in [-0.4, -0.2) is 30.0 Å². The molecule has 0 aliphatic carbocycles. The lowest BCUT2D eigenvalue weighted by atomic mass is 10.1. The zero-order valence-electron chi connectivity index (χ0n) is 14.2. The third kappa shape index (κ3) is 4.83. The van der Waals surface area contributed by atoms with Gasteiger partial charge >= 0.3 is 5.63 Å². The van der Waals surface area contributed by atoms with Gasteiger partial charge in [0.15, 0.2) is 0 Å². The zero-order valence-corrected chi connectivity index (χ0v) is 14.2. The first kappa shape index (κ1) is 17.0. The number of aryl methyl sites for hydroxylation is 1.